The molecular formula is C14H22N2. The number of nitrogens with zero attached hydrogens (tertiary/aromatic N) is 1. The van der Waals surface area contributed by atoms with Crippen LogP contribution < -0.4 is 5.73 Å². The number of aromatic nitrogens is 1. The summed E-state index contributed by atoms with van der Waals surface area (Å²) < 4.78 is 0. The zero-order valence-electron chi connectivity index (χ0n) is 10.4. The topological polar surface area (TPSA) is 38.9 Å². The SMILES string of the molecule is Cc1ccc(C(N)C2(C)CCCCC2)cn1. The summed E-state index contributed by atoms with van der Waals surface area (Å²) in [4.78, 5) is 4.35. The predicted octanol–water partition coefficient (Wildman–Crippen LogP) is 3.36. The molecule has 0 aliphatic heterocycles. The third-order valence-electron chi connectivity index (χ3n) is 4.04. The molecule has 2 heteroatoms. The molecule has 2 nitrogen and oxygen atoms in total. The van der Waals surface area contributed by atoms with Crippen LogP contribution in [0.15, 0.2) is 18.3 Å². The Balaban J connectivity index is 2.16. The minimum absolute atomic E-state index is 0.140. The fraction of sp³-hybridized carbons (Fsp3) is 0.643. The average Bonchev–Trinajstić information content (AvgIpc) is 2.30. The van der Waals surface area contributed by atoms with Gasteiger partial charge in [-0.1, -0.05) is 32.3 Å². The van der Waals surface area contributed by atoms with Crippen molar-refractivity contribution in [1.82, 2.24) is 4.98 Å². The largest absolute Gasteiger partial charge is 0.323 e. The van der Waals surface area contributed by atoms with Crippen molar-refractivity contribution in [2.24, 2.45) is 11.1 Å². The highest BCUT2D eigenvalue weighted by molar-refractivity contribution is 5.19. The molecule has 16 heavy (non-hydrogen) atoms. The second-order valence-electron chi connectivity index (χ2n) is 5.43. The molecule has 0 spiro atoms. The fourth-order valence-electron chi connectivity index (χ4n) is 2.74. The van der Waals surface area contributed by atoms with Gasteiger partial charge in [-0.25, -0.2) is 0 Å². The zero-order chi connectivity index (χ0) is 11.6. The normalized spacial score (nSPS) is 21.7. The first-order chi connectivity index (χ1) is 7.62. The molecule has 1 fully saturated rings. The van der Waals surface area contributed by atoms with Gasteiger partial charge in [0.25, 0.3) is 0 Å². The van der Waals surface area contributed by atoms with E-state index < -0.39 is 0 Å². The van der Waals surface area contributed by atoms with E-state index in [1.807, 2.05) is 13.1 Å². The van der Waals surface area contributed by atoms with Gasteiger partial charge in [0.05, 0.1) is 0 Å². The van der Waals surface area contributed by atoms with Crippen molar-refractivity contribution in [3.8, 4) is 0 Å². The molecule has 1 aliphatic carbocycles. The number of hydrogen-bond donors (Lipinski definition) is 1. The molecule has 2 rings (SSSR count). The number of aryl methyl sites for hydroxylation is 1. The van der Waals surface area contributed by atoms with Crippen molar-refractivity contribution in [1.29, 1.82) is 0 Å². The van der Waals surface area contributed by atoms with E-state index in [1.54, 1.807) is 0 Å². The molecule has 2 N–H and O–H groups in total. The smallest absolute Gasteiger partial charge is 0.0372 e. The number of rotatable bonds is 2. The van der Waals surface area contributed by atoms with Crippen LogP contribution in [-0.2, 0) is 0 Å². The first-order valence-electron chi connectivity index (χ1n) is 6.30. The van der Waals surface area contributed by atoms with Gasteiger partial charge in [0.1, 0.15) is 0 Å². The number of nitrogens with two attached hydrogens (primary N) is 1. The van der Waals surface area contributed by atoms with Gasteiger partial charge >= 0.3 is 0 Å². The predicted molar refractivity (Wildman–Crippen MR) is 67.1 cm³/mol. The Kier molecular flexibility index (Phi) is 3.29. The molecule has 1 saturated carbocycles. The van der Waals surface area contributed by atoms with Crippen molar-refractivity contribution >= 4 is 0 Å². The van der Waals surface area contributed by atoms with Gasteiger partial charge in [0, 0.05) is 17.9 Å². The first-order valence-corrected chi connectivity index (χ1v) is 6.30. The maximum Gasteiger partial charge on any atom is 0.0372 e. The van der Waals surface area contributed by atoms with Crippen molar-refractivity contribution in [3.05, 3.63) is 29.6 Å². The molecule has 1 aromatic rings. The monoisotopic (exact) mass is 218 g/mol. The van der Waals surface area contributed by atoms with Crippen LogP contribution in [0.5, 0.6) is 0 Å². The third-order valence-corrected chi connectivity index (χ3v) is 4.04. The minimum Gasteiger partial charge on any atom is -0.323 e. The Labute approximate surface area is 98.3 Å². The molecule has 88 valence electrons. The van der Waals surface area contributed by atoms with Crippen LogP contribution >= 0.6 is 0 Å². The van der Waals surface area contributed by atoms with Crippen molar-refractivity contribution < 1.29 is 0 Å². The Bertz CT molecular complexity index is 336. The van der Waals surface area contributed by atoms with Gasteiger partial charge in [-0.2, -0.15) is 0 Å². The molecule has 1 aromatic heterocycles. The van der Waals surface area contributed by atoms with Gasteiger partial charge in [-0.3, -0.25) is 4.98 Å². The fourth-order valence-corrected chi connectivity index (χ4v) is 2.74. The zero-order valence-corrected chi connectivity index (χ0v) is 10.4. The van der Waals surface area contributed by atoms with E-state index >= 15 is 0 Å². The standard InChI is InChI=1S/C14H22N2/c1-11-6-7-12(10-16-11)13(15)14(2)8-4-3-5-9-14/h6-7,10,13H,3-5,8-9,15H2,1-2H3. The third kappa shape index (κ3) is 2.27. The van der Waals surface area contributed by atoms with Crippen molar-refractivity contribution in [2.75, 3.05) is 0 Å². The van der Waals surface area contributed by atoms with Crippen LogP contribution in [0.3, 0.4) is 0 Å². The lowest BCUT2D eigenvalue weighted by Gasteiger charge is -2.39. The molecule has 0 bridgehead atoms. The number of pyridine rings is 1. The molecule has 1 atom stereocenters. The van der Waals surface area contributed by atoms with Gasteiger partial charge in [0.2, 0.25) is 0 Å². The summed E-state index contributed by atoms with van der Waals surface area (Å²) in [6.45, 7) is 4.34. The molecule has 0 saturated heterocycles. The summed E-state index contributed by atoms with van der Waals surface area (Å²) in [5.74, 6) is 0. The Morgan fingerprint density at radius 3 is 2.50 bits per heavy atom. The highest BCUT2D eigenvalue weighted by atomic mass is 14.7. The van der Waals surface area contributed by atoms with Crippen LogP contribution in [0.1, 0.15) is 56.3 Å². The van der Waals surface area contributed by atoms with Crippen LogP contribution in [0, 0.1) is 12.3 Å². The summed E-state index contributed by atoms with van der Waals surface area (Å²) in [5, 5.41) is 0. The Morgan fingerprint density at radius 2 is 1.94 bits per heavy atom. The second-order valence-corrected chi connectivity index (χ2v) is 5.43. The molecule has 0 amide bonds. The molecular weight excluding hydrogens is 196 g/mol. The highest BCUT2D eigenvalue weighted by Crippen LogP contribution is 2.44. The second kappa shape index (κ2) is 4.54. The molecule has 1 unspecified atom stereocenters. The Morgan fingerprint density at radius 1 is 1.25 bits per heavy atom. The van der Waals surface area contributed by atoms with E-state index in [9.17, 15) is 0 Å². The van der Waals surface area contributed by atoms with Crippen molar-refractivity contribution in [2.45, 2.75) is 52.0 Å². The van der Waals surface area contributed by atoms with E-state index in [0.29, 0.717) is 0 Å². The van der Waals surface area contributed by atoms with E-state index in [0.717, 1.165) is 5.69 Å². The average molecular weight is 218 g/mol. The van der Waals surface area contributed by atoms with Crippen molar-refractivity contribution in [3.63, 3.8) is 0 Å². The lowest BCUT2D eigenvalue weighted by atomic mass is 9.69. The van der Waals surface area contributed by atoms with E-state index in [2.05, 4.69) is 24.0 Å². The minimum atomic E-state index is 0.140. The number of hydrogen-bond acceptors (Lipinski definition) is 2. The summed E-state index contributed by atoms with van der Waals surface area (Å²) in [6, 6.07) is 4.33. The molecule has 0 radical (unpaired) electrons. The van der Waals surface area contributed by atoms with Gasteiger partial charge in [-0.05, 0) is 36.8 Å². The maximum atomic E-state index is 6.41. The molecule has 0 aromatic carbocycles. The quantitative estimate of drug-likeness (QED) is 0.826. The first kappa shape index (κ1) is 11.6. The molecule has 1 heterocycles. The Hall–Kier alpha value is -0.890. The van der Waals surface area contributed by atoms with Gasteiger partial charge in [0.15, 0.2) is 0 Å². The summed E-state index contributed by atoms with van der Waals surface area (Å²) in [6.07, 6.45) is 8.46. The van der Waals surface area contributed by atoms with Crippen LogP contribution in [-0.4, -0.2) is 4.98 Å². The van der Waals surface area contributed by atoms with Crippen LogP contribution in [0.25, 0.3) is 0 Å². The van der Waals surface area contributed by atoms with E-state index in [-0.39, 0.29) is 11.5 Å². The maximum absolute atomic E-state index is 6.41. The summed E-state index contributed by atoms with van der Waals surface area (Å²) >= 11 is 0. The molecule has 1 aliphatic rings. The highest BCUT2D eigenvalue weighted by Gasteiger charge is 2.34. The lowest BCUT2D eigenvalue weighted by Crippen LogP contribution is -2.33. The summed E-state index contributed by atoms with van der Waals surface area (Å²) in [5.41, 5.74) is 8.94. The summed E-state index contributed by atoms with van der Waals surface area (Å²) in [7, 11) is 0. The van der Waals surface area contributed by atoms with E-state index in [4.69, 9.17) is 5.73 Å². The van der Waals surface area contributed by atoms with E-state index in [1.165, 1.54) is 37.7 Å². The van der Waals surface area contributed by atoms with Gasteiger partial charge in [-0.15, -0.1) is 0 Å². The van der Waals surface area contributed by atoms with Crippen LogP contribution in [0.2, 0.25) is 0 Å². The van der Waals surface area contributed by atoms with Crippen LogP contribution in [0.4, 0.5) is 0 Å². The van der Waals surface area contributed by atoms with Gasteiger partial charge < -0.3 is 5.73 Å². The lowest BCUT2D eigenvalue weighted by molar-refractivity contribution is 0.170.